The lowest BCUT2D eigenvalue weighted by atomic mass is 9.44. The van der Waals surface area contributed by atoms with Crippen LogP contribution in [0.2, 0.25) is 0 Å². The van der Waals surface area contributed by atoms with Crippen LogP contribution >= 0.6 is 0 Å². The fourth-order valence-electron chi connectivity index (χ4n) is 8.25. The predicted molar refractivity (Wildman–Crippen MR) is 116 cm³/mol. The van der Waals surface area contributed by atoms with E-state index in [1.54, 1.807) is 0 Å². The molecule has 1 aromatic rings. The first-order valence-electron chi connectivity index (χ1n) is 11.8. The number of rotatable bonds is 1. The van der Waals surface area contributed by atoms with Crippen LogP contribution in [0.1, 0.15) is 89.2 Å². The molecule has 0 unspecified atom stereocenters. The van der Waals surface area contributed by atoms with Crippen LogP contribution in [0.25, 0.3) is 6.08 Å². The van der Waals surface area contributed by atoms with Crippen LogP contribution in [-0.4, -0.2) is 0 Å². The van der Waals surface area contributed by atoms with E-state index in [9.17, 15) is 0 Å². The molecule has 0 N–H and O–H groups in total. The van der Waals surface area contributed by atoms with Gasteiger partial charge in [-0.1, -0.05) is 74.6 Å². The molecule has 5 rings (SSSR count). The van der Waals surface area contributed by atoms with Crippen LogP contribution in [0, 0.1) is 41.4 Å². The highest BCUT2D eigenvalue weighted by Crippen LogP contribution is 2.67. The molecule has 4 saturated carbocycles. The number of benzene rings is 1. The molecular weight excluding hydrogens is 324 g/mol. The fraction of sp³-hybridized carbons (Fsp3) is 0.704. The maximum absolute atomic E-state index is 2.70. The van der Waals surface area contributed by atoms with Gasteiger partial charge in [0.25, 0.3) is 0 Å². The van der Waals surface area contributed by atoms with E-state index in [1.165, 1.54) is 75.3 Å². The minimum Gasteiger partial charge on any atom is -0.0657 e. The van der Waals surface area contributed by atoms with Gasteiger partial charge >= 0.3 is 0 Å². The molecular formula is C27H38. The molecule has 1 aromatic carbocycles. The molecule has 4 fully saturated rings. The highest BCUT2D eigenvalue weighted by atomic mass is 14.6. The van der Waals surface area contributed by atoms with E-state index in [-0.39, 0.29) is 0 Å². The average molecular weight is 363 g/mol. The van der Waals surface area contributed by atoms with Gasteiger partial charge in [-0.25, -0.2) is 0 Å². The van der Waals surface area contributed by atoms with Gasteiger partial charge in [-0.05, 0) is 91.9 Å². The molecule has 0 aromatic heterocycles. The molecule has 0 saturated heterocycles. The van der Waals surface area contributed by atoms with E-state index in [4.69, 9.17) is 0 Å². The maximum Gasteiger partial charge on any atom is -0.0143 e. The van der Waals surface area contributed by atoms with Crippen molar-refractivity contribution >= 4 is 6.08 Å². The second-order valence-electron chi connectivity index (χ2n) is 11.1. The fourth-order valence-corrected chi connectivity index (χ4v) is 8.25. The number of hydrogen-bond acceptors (Lipinski definition) is 0. The molecule has 0 bridgehead atoms. The van der Waals surface area contributed by atoms with Gasteiger partial charge in [0.05, 0.1) is 0 Å². The zero-order valence-electron chi connectivity index (χ0n) is 17.8. The molecule has 0 radical (unpaired) electrons. The highest BCUT2D eigenvalue weighted by molar-refractivity contribution is 5.55. The summed E-state index contributed by atoms with van der Waals surface area (Å²) in [6.45, 7) is 7.54. The smallest absolute Gasteiger partial charge is 0.0143 e. The van der Waals surface area contributed by atoms with Crippen molar-refractivity contribution in [1.29, 1.82) is 0 Å². The van der Waals surface area contributed by atoms with Crippen molar-refractivity contribution in [3.63, 3.8) is 0 Å². The monoisotopic (exact) mass is 362 g/mol. The molecule has 0 nitrogen and oxygen atoms in total. The van der Waals surface area contributed by atoms with Crippen LogP contribution in [-0.2, 0) is 0 Å². The Morgan fingerprint density at radius 1 is 0.852 bits per heavy atom. The third-order valence-electron chi connectivity index (χ3n) is 9.67. The van der Waals surface area contributed by atoms with E-state index < -0.39 is 0 Å². The van der Waals surface area contributed by atoms with Crippen molar-refractivity contribution in [3.8, 4) is 0 Å². The van der Waals surface area contributed by atoms with Crippen LogP contribution in [0.5, 0.6) is 0 Å². The Labute approximate surface area is 166 Å². The van der Waals surface area contributed by atoms with Gasteiger partial charge < -0.3 is 0 Å². The van der Waals surface area contributed by atoms with Gasteiger partial charge in [-0.15, -0.1) is 0 Å². The van der Waals surface area contributed by atoms with Crippen molar-refractivity contribution in [2.24, 2.45) is 34.5 Å². The molecule has 0 aliphatic heterocycles. The first-order chi connectivity index (χ1) is 13.0. The maximum atomic E-state index is 2.70. The van der Waals surface area contributed by atoms with Gasteiger partial charge in [-0.3, -0.25) is 0 Å². The second kappa shape index (κ2) is 6.50. The summed E-state index contributed by atoms with van der Waals surface area (Å²) < 4.78 is 0. The molecule has 0 heterocycles. The summed E-state index contributed by atoms with van der Waals surface area (Å²) in [7, 11) is 0. The minimum atomic E-state index is 0.571. The van der Waals surface area contributed by atoms with E-state index in [1.807, 2.05) is 5.57 Å². The Kier molecular flexibility index (Phi) is 4.34. The summed E-state index contributed by atoms with van der Waals surface area (Å²) >= 11 is 0. The van der Waals surface area contributed by atoms with Gasteiger partial charge in [0.15, 0.2) is 0 Å². The van der Waals surface area contributed by atoms with Crippen LogP contribution in [0.4, 0.5) is 0 Å². The topological polar surface area (TPSA) is 0 Å². The predicted octanol–water partition coefficient (Wildman–Crippen LogP) is 7.81. The first kappa shape index (κ1) is 18.0. The summed E-state index contributed by atoms with van der Waals surface area (Å²) in [5.41, 5.74) is 5.86. The molecule has 0 amide bonds. The van der Waals surface area contributed by atoms with E-state index in [0.717, 1.165) is 23.7 Å². The summed E-state index contributed by atoms with van der Waals surface area (Å²) in [6, 6.07) is 9.25. The van der Waals surface area contributed by atoms with Gasteiger partial charge in [0.1, 0.15) is 0 Å². The van der Waals surface area contributed by atoms with Crippen molar-refractivity contribution in [2.45, 2.75) is 85.0 Å². The zero-order valence-corrected chi connectivity index (χ0v) is 17.8. The Hall–Kier alpha value is -1.04. The van der Waals surface area contributed by atoms with Crippen LogP contribution in [0.15, 0.2) is 29.8 Å². The number of allylic oxidation sites excluding steroid dienone is 1. The Morgan fingerprint density at radius 3 is 2.48 bits per heavy atom. The molecule has 6 atom stereocenters. The molecule has 0 spiro atoms. The third-order valence-corrected chi connectivity index (χ3v) is 9.67. The van der Waals surface area contributed by atoms with Crippen molar-refractivity contribution in [1.82, 2.24) is 0 Å². The van der Waals surface area contributed by atoms with Crippen LogP contribution < -0.4 is 0 Å². The summed E-state index contributed by atoms with van der Waals surface area (Å²) in [5, 5.41) is 0. The molecule has 4 aliphatic carbocycles. The summed E-state index contributed by atoms with van der Waals surface area (Å²) in [5.74, 6) is 3.80. The number of hydrogen-bond donors (Lipinski definition) is 0. The Balaban J connectivity index is 1.54. The second-order valence-corrected chi connectivity index (χ2v) is 11.1. The van der Waals surface area contributed by atoms with Gasteiger partial charge in [0.2, 0.25) is 0 Å². The number of aryl methyl sites for hydroxylation is 1. The molecule has 0 heteroatoms. The lowest BCUT2D eigenvalue weighted by Crippen LogP contribution is -2.52. The van der Waals surface area contributed by atoms with E-state index in [2.05, 4.69) is 51.1 Å². The third kappa shape index (κ3) is 2.85. The normalized spacial score (nSPS) is 45.2. The zero-order chi connectivity index (χ0) is 18.6. The van der Waals surface area contributed by atoms with Crippen molar-refractivity contribution < 1.29 is 0 Å². The quantitative estimate of drug-likeness (QED) is 0.478. The SMILES string of the molecule is Cc1ccc(C=C2C[C@H]3[C@@H]4CCC[C@@]4(C)CC[C@@H]3[C@@]3(C)CCCC[C@H]23)cc1. The summed E-state index contributed by atoms with van der Waals surface area (Å²) in [4.78, 5) is 0. The summed E-state index contributed by atoms with van der Waals surface area (Å²) in [6.07, 6.45) is 17.4. The lowest BCUT2D eigenvalue weighted by Gasteiger charge is -2.60. The van der Waals surface area contributed by atoms with Crippen molar-refractivity contribution in [2.75, 3.05) is 0 Å². The molecule has 27 heavy (non-hydrogen) atoms. The largest absolute Gasteiger partial charge is 0.0657 e. The Bertz CT molecular complexity index is 725. The minimum absolute atomic E-state index is 0.571. The number of fused-ring (bicyclic) bond motifs is 5. The van der Waals surface area contributed by atoms with Crippen LogP contribution in [0.3, 0.4) is 0 Å². The first-order valence-corrected chi connectivity index (χ1v) is 11.8. The van der Waals surface area contributed by atoms with E-state index in [0.29, 0.717) is 10.8 Å². The lowest BCUT2D eigenvalue weighted by molar-refractivity contribution is -0.0794. The molecule has 4 aliphatic rings. The highest BCUT2D eigenvalue weighted by Gasteiger charge is 2.58. The van der Waals surface area contributed by atoms with Gasteiger partial charge in [-0.2, -0.15) is 0 Å². The average Bonchev–Trinajstić information content (AvgIpc) is 3.05. The van der Waals surface area contributed by atoms with E-state index >= 15 is 0 Å². The Morgan fingerprint density at radius 2 is 1.67 bits per heavy atom. The standard InChI is InChI=1S/C27H38/c1-19-9-11-20(12-10-19)17-21-18-22-24-8-6-14-26(24,2)16-13-25(22)27(3)15-5-4-7-23(21)27/h9-12,17,22-25H,4-8,13-16,18H2,1-3H3/t22-,23+,24-,25-,26-,27-/m0/s1. The van der Waals surface area contributed by atoms with Crippen molar-refractivity contribution in [3.05, 3.63) is 41.0 Å². The molecule has 146 valence electrons. The van der Waals surface area contributed by atoms with Gasteiger partial charge in [0, 0.05) is 0 Å².